The largest absolute Gasteiger partial charge is 0.466 e. The summed E-state index contributed by atoms with van der Waals surface area (Å²) in [7, 11) is 0. The van der Waals surface area contributed by atoms with Gasteiger partial charge in [0.1, 0.15) is 0 Å². The van der Waals surface area contributed by atoms with Crippen LogP contribution in [0.5, 0.6) is 0 Å². The Hall–Kier alpha value is -0.570. The highest BCUT2D eigenvalue weighted by Crippen LogP contribution is 2.15. The summed E-state index contributed by atoms with van der Waals surface area (Å²) in [4.78, 5) is 11.4. The molecule has 0 aromatic carbocycles. The topological polar surface area (TPSA) is 46.5 Å². The van der Waals surface area contributed by atoms with Gasteiger partial charge in [-0.25, -0.2) is 0 Å². The lowest BCUT2D eigenvalue weighted by Crippen LogP contribution is -2.27. The molecule has 0 saturated heterocycles. The molecule has 0 aromatic rings. The van der Waals surface area contributed by atoms with Gasteiger partial charge >= 0.3 is 5.97 Å². The number of ether oxygens (including phenoxy) is 1. The number of hydrogen-bond acceptors (Lipinski definition) is 3. The predicted octanol–water partition coefficient (Wildman–Crippen LogP) is 4.08. The van der Waals surface area contributed by atoms with Crippen molar-refractivity contribution in [3.63, 3.8) is 0 Å². The van der Waals surface area contributed by atoms with Gasteiger partial charge in [0.15, 0.2) is 0 Å². The molecule has 0 heterocycles. The fraction of sp³-hybridized carbons (Fsp3) is 0.938. The van der Waals surface area contributed by atoms with Gasteiger partial charge in [0.2, 0.25) is 0 Å². The predicted molar refractivity (Wildman–Crippen MR) is 79.0 cm³/mol. The fourth-order valence-electron chi connectivity index (χ4n) is 2.17. The molecule has 0 spiro atoms. The Balaban J connectivity index is 3.47. The summed E-state index contributed by atoms with van der Waals surface area (Å²) in [5.41, 5.74) is 0. The van der Waals surface area contributed by atoms with Crippen molar-refractivity contribution in [1.29, 1.82) is 0 Å². The minimum Gasteiger partial charge on any atom is -0.466 e. The molecule has 2 unspecified atom stereocenters. The summed E-state index contributed by atoms with van der Waals surface area (Å²) < 4.78 is 4.91. The van der Waals surface area contributed by atoms with E-state index in [0.29, 0.717) is 13.0 Å². The Morgan fingerprint density at radius 2 is 1.53 bits per heavy atom. The summed E-state index contributed by atoms with van der Waals surface area (Å²) in [6, 6.07) is 0. The number of aliphatic hydroxyl groups is 1. The van der Waals surface area contributed by atoms with Gasteiger partial charge in [-0.2, -0.15) is 0 Å². The lowest BCUT2D eigenvalue weighted by atomic mass is 9.98. The maximum Gasteiger partial charge on any atom is 0.311 e. The molecule has 0 aliphatic carbocycles. The number of carbonyl (C=O) groups is 1. The van der Waals surface area contributed by atoms with E-state index in [0.717, 1.165) is 12.8 Å². The van der Waals surface area contributed by atoms with Gasteiger partial charge in [0, 0.05) is 0 Å². The van der Waals surface area contributed by atoms with Gasteiger partial charge in [-0.1, -0.05) is 58.3 Å². The average molecular weight is 272 g/mol. The molecular weight excluding hydrogens is 240 g/mol. The van der Waals surface area contributed by atoms with Crippen molar-refractivity contribution in [1.82, 2.24) is 0 Å². The van der Waals surface area contributed by atoms with E-state index >= 15 is 0 Å². The minimum atomic E-state index is -0.556. The molecule has 0 aromatic heterocycles. The van der Waals surface area contributed by atoms with Crippen LogP contribution in [0.4, 0.5) is 0 Å². The summed E-state index contributed by atoms with van der Waals surface area (Å²) in [6.07, 6.45) is 10.1. The lowest BCUT2D eigenvalue weighted by Gasteiger charge is -2.17. The first kappa shape index (κ1) is 18.4. The van der Waals surface area contributed by atoms with Crippen LogP contribution in [0, 0.1) is 5.92 Å². The van der Waals surface area contributed by atoms with Crippen LogP contribution in [-0.4, -0.2) is 23.8 Å². The average Bonchev–Trinajstić information content (AvgIpc) is 2.41. The van der Waals surface area contributed by atoms with Gasteiger partial charge in [-0.15, -0.1) is 0 Å². The Morgan fingerprint density at radius 3 is 2.05 bits per heavy atom. The summed E-state index contributed by atoms with van der Waals surface area (Å²) in [5.74, 6) is -0.681. The highest BCUT2D eigenvalue weighted by atomic mass is 16.5. The van der Waals surface area contributed by atoms with Crippen molar-refractivity contribution in [3.05, 3.63) is 0 Å². The quantitative estimate of drug-likeness (QED) is 0.430. The van der Waals surface area contributed by atoms with Crippen LogP contribution in [0.1, 0.15) is 78.6 Å². The van der Waals surface area contributed by atoms with E-state index < -0.39 is 12.0 Å². The molecule has 0 rings (SSSR count). The lowest BCUT2D eigenvalue weighted by molar-refractivity contribution is -0.151. The van der Waals surface area contributed by atoms with Crippen LogP contribution in [0.3, 0.4) is 0 Å². The zero-order chi connectivity index (χ0) is 14.5. The Labute approximate surface area is 118 Å². The van der Waals surface area contributed by atoms with Crippen molar-refractivity contribution in [2.24, 2.45) is 5.92 Å². The Kier molecular flexibility index (Phi) is 12.1. The smallest absolute Gasteiger partial charge is 0.311 e. The molecule has 3 heteroatoms. The van der Waals surface area contributed by atoms with Crippen LogP contribution in [0.2, 0.25) is 0 Å². The molecule has 0 radical (unpaired) electrons. The zero-order valence-electron chi connectivity index (χ0n) is 13.0. The summed E-state index contributed by atoms with van der Waals surface area (Å²) in [5, 5.41) is 9.89. The molecule has 0 bridgehead atoms. The molecule has 1 N–H and O–H groups in total. The van der Waals surface area contributed by atoms with Crippen LogP contribution in [0.25, 0.3) is 0 Å². The van der Waals surface area contributed by atoms with E-state index in [9.17, 15) is 9.90 Å². The third-order valence-corrected chi connectivity index (χ3v) is 3.59. The van der Waals surface area contributed by atoms with Gasteiger partial charge in [0.25, 0.3) is 0 Å². The first-order valence-electron chi connectivity index (χ1n) is 7.98. The van der Waals surface area contributed by atoms with Crippen molar-refractivity contribution in [2.45, 2.75) is 84.7 Å². The molecule has 114 valence electrons. The molecule has 19 heavy (non-hydrogen) atoms. The molecule has 0 amide bonds. The molecule has 0 fully saturated rings. The third kappa shape index (κ3) is 9.94. The van der Waals surface area contributed by atoms with Crippen molar-refractivity contribution in [2.75, 3.05) is 6.61 Å². The van der Waals surface area contributed by atoms with Crippen LogP contribution >= 0.6 is 0 Å². The molecular formula is C16H32O3. The SMILES string of the molecule is CCCCCCCCCCC(O)C(C)C(=O)OCC. The van der Waals surface area contributed by atoms with Crippen molar-refractivity contribution < 1.29 is 14.6 Å². The Bertz CT molecular complexity index is 216. The minimum absolute atomic E-state index is 0.283. The second kappa shape index (κ2) is 12.5. The first-order chi connectivity index (χ1) is 9.13. The number of esters is 1. The maximum absolute atomic E-state index is 11.4. The highest BCUT2D eigenvalue weighted by Gasteiger charge is 2.22. The molecule has 0 aliphatic heterocycles. The molecule has 3 nitrogen and oxygen atoms in total. The maximum atomic E-state index is 11.4. The normalized spacial score (nSPS) is 14.1. The highest BCUT2D eigenvalue weighted by molar-refractivity contribution is 5.72. The number of carbonyl (C=O) groups excluding carboxylic acids is 1. The van der Waals surface area contributed by atoms with Crippen LogP contribution in [-0.2, 0) is 9.53 Å². The monoisotopic (exact) mass is 272 g/mol. The van der Waals surface area contributed by atoms with Gasteiger partial charge in [-0.05, 0) is 20.3 Å². The first-order valence-corrected chi connectivity index (χ1v) is 7.98. The van der Waals surface area contributed by atoms with Gasteiger partial charge in [-0.3, -0.25) is 4.79 Å². The van der Waals surface area contributed by atoms with Crippen LogP contribution in [0.15, 0.2) is 0 Å². The van der Waals surface area contributed by atoms with E-state index in [1.807, 2.05) is 0 Å². The Morgan fingerprint density at radius 1 is 1.00 bits per heavy atom. The molecule has 0 saturated carbocycles. The van der Waals surface area contributed by atoms with Crippen LogP contribution < -0.4 is 0 Å². The summed E-state index contributed by atoms with van der Waals surface area (Å²) in [6.45, 7) is 6.14. The van der Waals surface area contributed by atoms with E-state index in [4.69, 9.17) is 4.74 Å². The second-order valence-electron chi connectivity index (χ2n) is 5.37. The van der Waals surface area contributed by atoms with E-state index in [2.05, 4.69) is 6.92 Å². The molecule has 2 atom stereocenters. The van der Waals surface area contributed by atoms with Gasteiger partial charge in [0.05, 0.1) is 18.6 Å². The zero-order valence-corrected chi connectivity index (χ0v) is 13.0. The second-order valence-corrected chi connectivity index (χ2v) is 5.37. The number of aliphatic hydroxyl groups excluding tert-OH is 1. The van der Waals surface area contributed by atoms with E-state index in [1.54, 1.807) is 13.8 Å². The third-order valence-electron chi connectivity index (χ3n) is 3.59. The van der Waals surface area contributed by atoms with Crippen molar-refractivity contribution in [3.8, 4) is 0 Å². The number of rotatable bonds is 12. The summed E-state index contributed by atoms with van der Waals surface area (Å²) >= 11 is 0. The number of hydrogen-bond donors (Lipinski definition) is 1. The van der Waals surface area contributed by atoms with Gasteiger partial charge < -0.3 is 9.84 Å². The van der Waals surface area contributed by atoms with E-state index in [1.165, 1.54) is 38.5 Å². The molecule has 0 aliphatic rings. The van der Waals surface area contributed by atoms with E-state index in [-0.39, 0.29) is 5.97 Å². The fourth-order valence-corrected chi connectivity index (χ4v) is 2.17. The van der Waals surface area contributed by atoms with Crippen molar-refractivity contribution >= 4 is 5.97 Å². The standard InChI is InChI=1S/C16H32O3/c1-4-6-7-8-9-10-11-12-13-15(17)14(3)16(18)19-5-2/h14-15,17H,4-13H2,1-3H3. The number of unbranched alkanes of at least 4 members (excludes halogenated alkanes) is 7.